The van der Waals surface area contributed by atoms with Crippen molar-refractivity contribution in [1.82, 2.24) is 9.97 Å². The van der Waals surface area contributed by atoms with Crippen LogP contribution in [0.25, 0.3) is 20.7 Å². The van der Waals surface area contributed by atoms with Crippen LogP contribution in [0.5, 0.6) is 11.5 Å². The third-order valence-electron chi connectivity index (χ3n) is 3.35. The average molecular weight is 375 g/mol. The van der Waals surface area contributed by atoms with Crippen LogP contribution in [0.1, 0.15) is 0 Å². The Bertz CT molecular complexity index is 995. The molecule has 3 aromatic heterocycles. The van der Waals surface area contributed by atoms with Crippen LogP contribution in [0.3, 0.4) is 0 Å². The van der Waals surface area contributed by atoms with Crippen LogP contribution in [-0.2, 0) is 0 Å². The molecule has 0 spiro atoms. The first-order chi connectivity index (χ1) is 11.7. The van der Waals surface area contributed by atoms with Crippen molar-refractivity contribution in [3.05, 3.63) is 53.9 Å². The molecule has 120 valence electrons. The lowest BCUT2D eigenvalue weighted by atomic mass is 10.2. The molecule has 0 saturated heterocycles. The topological polar surface area (TPSA) is 48.2 Å². The van der Waals surface area contributed by atoms with Gasteiger partial charge in [-0.1, -0.05) is 23.4 Å². The Labute approximate surface area is 151 Å². The summed E-state index contributed by atoms with van der Waals surface area (Å²) in [6, 6.07) is 9.28. The molecular weight excluding hydrogens is 364 g/mol. The molecule has 0 radical (unpaired) electrons. The van der Waals surface area contributed by atoms with Crippen molar-refractivity contribution in [2.24, 2.45) is 0 Å². The molecule has 0 bridgehead atoms. The zero-order valence-corrected chi connectivity index (χ0v) is 14.9. The van der Waals surface area contributed by atoms with E-state index in [0.29, 0.717) is 21.7 Å². The van der Waals surface area contributed by atoms with Gasteiger partial charge in [-0.3, -0.25) is 4.98 Å². The summed E-state index contributed by atoms with van der Waals surface area (Å²) < 4.78 is 12.7. The summed E-state index contributed by atoms with van der Waals surface area (Å²) in [4.78, 5) is 9.48. The minimum atomic E-state index is 0.651. The highest BCUT2D eigenvalue weighted by atomic mass is 35.5. The zero-order chi connectivity index (χ0) is 16.5. The summed E-state index contributed by atoms with van der Waals surface area (Å²) >= 11 is 8.98. The number of fused-ring (bicyclic) bond motifs is 1. The number of rotatable bonds is 4. The number of hydrogen-bond acceptors (Lipinski definition) is 6. The van der Waals surface area contributed by atoms with E-state index in [-0.39, 0.29) is 0 Å². The number of thiophene rings is 1. The van der Waals surface area contributed by atoms with Crippen LogP contribution in [0.15, 0.2) is 58.6 Å². The zero-order valence-electron chi connectivity index (χ0n) is 12.5. The first kappa shape index (κ1) is 15.5. The quantitative estimate of drug-likeness (QED) is 0.403. The molecule has 0 atom stereocenters. The standard InChI is InChI=1S/C17H11ClN2O2S2/c1-23-17-20-8-14(22-17)15-6-12-13(7-19-9-16(12)24-15)21-11-4-2-10(18)3-5-11/h2-9H,1H3. The van der Waals surface area contributed by atoms with Gasteiger partial charge in [0.1, 0.15) is 5.75 Å². The molecule has 4 rings (SSSR count). The summed E-state index contributed by atoms with van der Waals surface area (Å²) in [5.74, 6) is 2.16. The van der Waals surface area contributed by atoms with E-state index in [0.717, 1.165) is 20.7 Å². The van der Waals surface area contributed by atoms with Gasteiger partial charge < -0.3 is 9.15 Å². The summed E-state index contributed by atoms with van der Waals surface area (Å²) in [7, 11) is 0. The Balaban J connectivity index is 1.72. The van der Waals surface area contributed by atoms with Gasteiger partial charge in [0, 0.05) is 16.6 Å². The van der Waals surface area contributed by atoms with Crippen LogP contribution in [0, 0.1) is 0 Å². The van der Waals surface area contributed by atoms with Crippen molar-refractivity contribution in [2.45, 2.75) is 5.22 Å². The van der Waals surface area contributed by atoms with Crippen molar-refractivity contribution < 1.29 is 9.15 Å². The maximum atomic E-state index is 5.96. The van der Waals surface area contributed by atoms with E-state index in [1.165, 1.54) is 11.8 Å². The summed E-state index contributed by atoms with van der Waals surface area (Å²) in [5.41, 5.74) is 0. The molecule has 0 amide bonds. The van der Waals surface area contributed by atoms with E-state index in [4.69, 9.17) is 20.8 Å². The van der Waals surface area contributed by atoms with Crippen LogP contribution < -0.4 is 4.74 Å². The van der Waals surface area contributed by atoms with Crippen LogP contribution in [0.2, 0.25) is 5.02 Å². The van der Waals surface area contributed by atoms with Gasteiger partial charge in [0.15, 0.2) is 11.5 Å². The van der Waals surface area contributed by atoms with Crippen molar-refractivity contribution in [1.29, 1.82) is 0 Å². The van der Waals surface area contributed by atoms with Crippen molar-refractivity contribution >= 4 is 44.8 Å². The molecule has 0 saturated carbocycles. The second kappa shape index (κ2) is 6.47. The summed E-state index contributed by atoms with van der Waals surface area (Å²) in [6.07, 6.45) is 7.21. The molecule has 3 heterocycles. The van der Waals surface area contributed by atoms with Gasteiger partial charge in [0.25, 0.3) is 5.22 Å². The van der Waals surface area contributed by atoms with E-state index < -0.39 is 0 Å². The van der Waals surface area contributed by atoms with E-state index >= 15 is 0 Å². The smallest absolute Gasteiger partial charge is 0.255 e. The monoisotopic (exact) mass is 374 g/mol. The predicted octanol–water partition coefficient (Wildman–Crippen LogP) is 6.12. The normalized spacial score (nSPS) is 11.1. The number of benzene rings is 1. The molecule has 4 nitrogen and oxygen atoms in total. The molecule has 0 unspecified atom stereocenters. The summed E-state index contributed by atoms with van der Waals surface area (Å²) in [5, 5.41) is 2.31. The second-order valence-electron chi connectivity index (χ2n) is 4.91. The van der Waals surface area contributed by atoms with Gasteiger partial charge in [-0.25, -0.2) is 4.98 Å². The van der Waals surface area contributed by atoms with E-state index in [9.17, 15) is 0 Å². The maximum absolute atomic E-state index is 5.96. The Kier molecular flexibility index (Phi) is 4.18. The molecule has 4 aromatic rings. The molecule has 24 heavy (non-hydrogen) atoms. The molecular formula is C17H11ClN2O2S2. The predicted molar refractivity (Wildman–Crippen MR) is 98.4 cm³/mol. The number of pyridine rings is 1. The molecule has 0 N–H and O–H groups in total. The Morgan fingerprint density at radius 2 is 2.00 bits per heavy atom. The molecule has 7 heteroatoms. The van der Waals surface area contributed by atoms with Crippen LogP contribution in [0.4, 0.5) is 0 Å². The number of ether oxygens (including phenoxy) is 1. The van der Waals surface area contributed by atoms with Gasteiger partial charge in [-0.15, -0.1) is 11.3 Å². The SMILES string of the molecule is CSc1ncc(-c2cc3c(Oc4ccc(Cl)cc4)cncc3s2)o1. The second-order valence-corrected chi connectivity index (χ2v) is 7.19. The minimum absolute atomic E-state index is 0.651. The van der Waals surface area contributed by atoms with Crippen molar-refractivity contribution in [2.75, 3.05) is 6.26 Å². The maximum Gasteiger partial charge on any atom is 0.255 e. The number of thioether (sulfide) groups is 1. The fourth-order valence-corrected chi connectivity index (χ4v) is 3.68. The highest BCUT2D eigenvalue weighted by molar-refractivity contribution is 7.98. The number of halogens is 1. The minimum Gasteiger partial charge on any atom is -0.455 e. The summed E-state index contributed by atoms with van der Waals surface area (Å²) in [6.45, 7) is 0. The lowest BCUT2D eigenvalue weighted by Crippen LogP contribution is -1.85. The first-order valence-corrected chi connectivity index (χ1v) is 9.46. The highest BCUT2D eigenvalue weighted by Gasteiger charge is 2.13. The molecule has 0 aliphatic heterocycles. The number of oxazole rings is 1. The number of hydrogen-bond donors (Lipinski definition) is 0. The van der Waals surface area contributed by atoms with E-state index in [1.54, 1.807) is 35.9 Å². The van der Waals surface area contributed by atoms with Gasteiger partial charge in [0.05, 0.1) is 22.0 Å². The van der Waals surface area contributed by atoms with Crippen LogP contribution in [-0.4, -0.2) is 16.2 Å². The Morgan fingerprint density at radius 1 is 1.17 bits per heavy atom. The van der Waals surface area contributed by atoms with Gasteiger partial charge in [-0.05, 0) is 36.6 Å². The van der Waals surface area contributed by atoms with Crippen molar-refractivity contribution in [3.8, 4) is 22.1 Å². The third kappa shape index (κ3) is 3.00. The van der Waals surface area contributed by atoms with E-state index in [1.807, 2.05) is 30.7 Å². The first-order valence-electron chi connectivity index (χ1n) is 7.04. The van der Waals surface area contributed by atoms with Gasteiger partial charge in [0.2, 0.25) is 0 Å². The molecule has 1 aromatic carbocycles. The number of nitrogens with zero attached hydrogens (tertiary/aromatic N) is 2. The van der Waals surface area contributed by atoms with Crippen molar-refractivity contribution in [3.63, 3.8) is 0 Å². The third-order valence-corrected chi connectivity index (χ3v) is 5.23. The fraction of sp³-hybridized carbons (Fsp3) is 0.0588. The van der Waals surface area contributed by atoms with Gasteiger partial charge in [-0.2, -0.15) is 0 Å². The van der Waals surface area contributed by atoms with Crippen LogP contribution >= 0.6 is 34.7 Å². The average Bonchev–Trinajstić information content (AvgIpc) is 3.23. The Morgan fingerprint density at radius 3 is 2.75 bits per heavy atom. The molecule has 0 aliphatic rings. The number of aromatic nitrogens is 2. The largest absolute Gasteiger partial charge is 0.455 e. The Hall–Kier alpha value is -2.02. The van der Waals surface area contributed by atoms with Gasteiger partial charge >= 0.3 is 0 Å². The fourth-order valence-electron chi connectivity index (χ4n) is 2.23. The lowest BCUT2D eigenvalue weighted by molar-refractivity contribution is 0.467. The van der Waals surface area contributed by atoms with E-state index in [2.05, 4.69) is 9.97 Å². The molecule has 0 aliphatic carbocycles. The highest BCUT2D eigenvalue weighted by Crippen LogP contribution is 2.39. The molecule has 0 fully saturated rings. The lowest BCUT2D eigenvalue weighted by Gasteiger charge is -2.06.